The highest BCUT2D eigenvalue weighted by atomic mass is 19.1. The minimum atomic E-state index is -0.261. The van der Waals surface area contributed by atoms with Gasteiger partial charge >= 0.3 is 0 Å². The zero-order valence-corrected chi connectivity index (χ0v) is 22.6. The summed E-state index contributed by atoms with van der Waals surface area (Å²) in [6.07, 6.45) is 3.37. The van der Waals surface area contributed by atoms with Crippen molar-refractivity contribution in [3.63, 3.8) is 0 Å². The number of aromatic nitrogens is 3. The largest absolute Gasteiger partial charge is 0.377 e. The van der Waals surface area contributed by atoms with Gasteiger partial charge in [-0.05, 0) is 49.9 Å². The highest BCUT2D eigenvalue weighted by molar-refractivity contribution is 5.88. The Balaban J connectivity index is 1.73. The molecule has 0 bridgehead atoms. The first-order valence-electron chi connectivity index (χ1n) is 13.0. The summed E-state index contributed by atoms with van der Waals surface area (Å²) < 4.78 is 22.9. The van der Waals surface area contributed by atoms with Crippen LogP contribution in [0.1, 0.15) is 63.8 Å². The summed E-state index contributed by atoms with van der Waals surface area (Å²) in [6, 6.07) is 9.25. The lowest BCUT2D eigenvalue weighted by Gasteiger charge is -2.49. The third kappa shape index (κ3) is 5.00. The number of halogens is 1. The number of pyridine rings is 1. The SMILES string of the molecule is CC[C@H]1CN(C(C)c2ccc(F)cc2C(C)OC)[C@H](CC)CN1c1cc(=O)n(C)c2cn(CC#N)nc12. The van der Waals surface area contributed by atoms with E-state index in [9.17, 15) is 9.18 Å². The van der Waals surface area contributed by atoms with Gasteiger partial charge in [-0.2, -0.15) is 10.4 Å². The van der Waals surface area contributed by atoms with Crippen LogP contribution in [0.3, 0.4) is 0 Å². The van der Waals surface area contributed by atoms with Crippen molar-refractivity contribution in [2.45, 2.75) is 71.3 Å². The lowest BCUT2D eigenvalue weighted by molar-refractivity contribution is 0.0931. The minimum absolute atomic E-state index is 0.0628. The molecule has 4 atom stereocenters. The van der Waals surface area contributed by atoms with Gasteiger partial charge in [-0.1, -0.05) is 19.9 Å². The van der Waals surface area contributed by atoms with Gasteiger partial charge < -0.3 is 14.2 Å². The molecule has 1 saturated heterocycles. The van der Waals surface area contributed by atoms with Crippen molar-refractivity contribution < 1.29 is 9.13 Å². The smallest absolute Gasteiger partial charge is 0.252 e. The van der Waals surface area contributed by atoms with Gasteiger partial charge in [-0.3, -0.25) is 14.4 Å². The average molecular weight is 509 g/mol. The summed E-state index contributed by atoms with van der Waals surface area (Å²) in [4.78, 5) is 17.7. The van der Waals surface area contributed by atoms with Crippen molar-refractivity contribution in [3.05, 3.63) is 57.8 Å². The Bertz CT molecular complexity index is 1360. The lowest BCUT2D eigenvalue weighted by atomic mass is 9.92. The van der Waals surface area contributed by atoms with Crippen molar-refractivity contribution >= 4 is 16.7 Å². The third-order valence-electron chi connectivity index (χ3n) is 7.95. The van der Waals surface area contributed by atoms with E-state index in [1.54, 1.807) is 41.7 Å². The maximum Gasteiger partial charge on any atom is 0.252 e. The summed E-state index contributed by atoms with van der Waals surface area (Å²) in [6.45, 7) is 10.1. The van der Waals surface area contributed by atoms with E-state index in [0.717, 1.165) is 53.8 Å². The first kappa shape index (κ1) is 26.8. The molecule has 2 aromatic heterocycles. The number of rotatable bonds is 8. The number of piperazine rings is 1. The number of anilines is 1. The highest BCUT2D eigenvalue weighted by Gasteiger charge is 2.37. The molecule has 0 amide bonds. The fourth-order valence-electron chi connectivity index (χ4n) is 5.65. The number of ether oxygens (including phenoxy) is 1. The first-order valence-corrected chi connectivity index (χ1v) is 13.0. The van der Waals surface area contributed by atoms with E-state index in [-0.39, 0.29) is 42.2 Å². The van der Waals surface area contributed by atoms with Crippen LogP contribution in [0, 0.1) is 17.1 Å². The first-order chi connectivity index (χ1) is 17.7. The summed E-state index contributed by atoms with van der Waals surface area (Å²) in [5, 5.41) is 13.8. The highest BCUT2D eigenvalue weighted by Crippen LogP contribution is 2.36. The molecule has 9 heteroatoms. The summed E-state index contributed by atoms with van der Waals surface area (Å²) >= 11 is 0. The maximum absolute atomic E-state index is 14.2. The molecular weight excluding hydrogens is 471 g/mol. The molecule has 0 saturated carbocycles. The maximum atomic E-state index is 14.2. The van der Waals surface area contributed by atoms with E-state index in [4.69, 9.17) is 10.00 Å². The zero-order valence-electron chi connectivity index (χ0n) is 22.6. The molecule has 37 heavy (non-hydrogen) atoms. The van der Waals surface area contributed by atoms with Crippen LogP contribution in [-0.4, -0.2) is 51.5 Å². The van der Waals surface area contributed by atoms with Crippen molar-refractivity contribution in [1.29, 1.82) is 5.26 Å². The van der Waals surface area contributed by atoms with Gasteiger partial charge in [0.1, 0.15) is 17.9 Å². The summed E-state index contributed by atoms with van der Waals surface area (Å²) in [7, 11) is 3.38. The number of nitriles is 1. The summed E-state index contributed by atoms with van der Waals surface area (Å²) in [5.41, 5.74) is 4.13. The van der Waals surface area contributed by atoms with Crippen molar-refractivity contribution in [3.8, 4) is 6.07 Å². The molecule has 3 heterocycles. The number of methoxy groups -OCH3 is 1. The van der Waals surface area contributed by atoms with Gasteiger partial charge in [0.2, 0.25) is 0 Å². The monoisotopic (exact) mass is 508 g/mol. The van der Waals surface area contributed by atoms with E-state index >= 15 is 0 Å². The fraction of sp³-hybridized carbons (Fsp3) is 0.536. The molecule has 1 aromatic carbocycles. The van der Waals surface area contributed by atoms with E-state index in [1.807, 2.05) is 13.0 Å². The Morgan fingerprint density at radius 2 is 1.89 bits per heavy atom. The number of nitrogens with zero attached hydrogens (tertiary/aromatic N) is 6. The molecule has 1 aliphatic rings. The molecule has 3 aromatic rings. The number of hydrogen-bond donors (Lipinski definition) is 0. The van der Waals surface area contributed by atoms with Gasteiger partial charge in [0.05, 0.1) is 29.6 Å². The van der Waals surface area contributed by atoms with Crippen LogP contribution in [-0.2, 0) is 18.3 Å². The van der Waals surface area contributed by atoms with Crippen molar-refractivity contribution in [1.82, 2.24) is 19.2 Å². The van der Waals surface area contributed by atoms with Crippen LogP contribution >= 0.6 is 0 Å². The molecule has 1 fully saturated rings. The van der Waals surface area contributed by atoms with Gasteiger partial charge in [0, 0.05) is 51.4 Å². The zero-order chi connectivity index (χ0) is 26.9. The van der Waals surface area contributed by atoms with Crippen LogP contribution in [0.15, 0.2) is 35.3 Å². The predicted octanol–water partition coefficient (Wildman–Crippen LogP) is 4.55. The van der Waals surface area contributed by atoms with E-state index in [1.165, 1.54) is 6.07 Å². The van der Waals surface area contributed by atoms with E-state index < -0.39 is 0 Å². The molecule has 0 N–H and O–H groups in total. The second-order valence-corrected chi connectivity index (χ2v) is 9.95. The predicted molar refractivity (Wildman–Crippen MR) is 143 cm³/mol. The summed E-state index contributed by atoms with van der Waals surface area (Å²) in [5.74, 6) is -0.261. The van der Waals surface area contributed by atoms with Crippen LogP contribution in [0.2, 0.25) is 0 Å². The van der Waals surface area contributed by atoms with Crippen LogP contribution in [0.25, 0.3) is 11.0 Å². The van der Waals surface area contributed by atoms with Gasteiger partial charge in [0.15, 0.2) is 0 Å². The lowest BCUT2D eigenvalue weighted by Crippen LogP contribution is -2.59. The number of fused-ring (bicyclic) bond motifs is 1. The molecule has 0 radical (unpaired) electrons. The Labute approximate surface area is 217 Å². The second kappa shape index (κ2) is 11.0. The Morgan fingerprint density at radius 3 is 2.54 bits per heavy atom. The number of aryl methyl sites for hydroxylation is 1. The number of hydrogen-bond acceptors (Lipinski definition) is 6. The molecule has 0 spiro atoms. The molecule has 2 unspecified atom stereocenters. The quantitative estimate of drug-likeness (QED) is 0.444. The molecule has 0 aliphatic carbocycles. The van der Waals surface area contributed by atoms with Crippen LogP contribution < -0.4 is 10.5 Å². The minimum Gasteiger partial charge on any atom is -0.377 e. The molecular formula is C28H37FN6O2. The Hall–Kier alpha value is -3.22. The topological polar surface area (TPSA) is 79.3 Å². The molecule has 198 valence electrons. The van der Waals surface area contributed by atoms with Crippen molar-refractivity contribution in [2.24, 2.45) is 7.05 Å². The third-order valence-corrected chi connectivity index (χ3v) is 7.95. The Kier molecular flexibility index (Phi) is 8.00. The van der Waals surface area contributed by atoms with Crippen molar-refractivity contribution in [2.75, 3.05) is 25.1 Å². The average Bonchev–Trinajstić information content (AvgIpc) is 3.33. The Morgan fingerprint density at radius 1 is 1.16 bits per heavy atom. The van der Waals surface area contributed by atoms with Gasteiger partial charge in [0.25, 0.3) is 5.56 Å². The fourth-order valence-corrected chi connectivity index (χ4v) is 5.65. The van der Waals surface area contributed by atoms with Gasteiger partial charge in [-0.25, -0.2) is 4.39 Å². The molecule has 1 aliphatic heterocycles. The standard InChI is InChI=1S/C28H37FN6O2/c1-7-21-16-35(25-14-27(36)32(5)26-17-33(12-11-30)31-28(25)26)22(8-2)15-34(21)18(3)23-10-9-20(29)13-24(23)19(4)37-6/h9-10,13-14,17-19,21-22H,7-8,12,15-16H2,1-6H3/t18?,19?,21-,22+/m1/s1. The number of benzene rings is 1. The van der Waals surface area contributed by atoms with E-state index in [2.05, 4.69) is 41.7 Å². The van der Waals surface area contributed by atoms with Crippen LogP contribution in [0.5, 0.6) is 0 Å². The molecule has 8 nitrogen and oxygen atoms in total. The van der Waals surface area contributed by atoms with E-state index in [0.29, 0.717) is 0 Å². The molecule has 4 rings (SSSR count). The van der Waals surface area contributed by atoms with Crippen LogP contribution in [0.4, 0.5) is 10.1 Å². The second-order valence-electron chi connectivity index (χ2n) is 9.95. The van der Waals surface area contributed by atoms with Gasteiger partial charge in [-0.15, -0.1) is 0 Å². The normalized spacial score (nSPS) is 20.2.